The van der Waals surface area contributed by atoms with Gasteiger partial charge in [0, 0.05) is 25.7 Å². The van der Waals surface area contributed by atoms with Gasteiger partial charge in [-0.1, -0.05) is 11.6 Å². The van der Waals surface area contributed by atoms with Crippen LogP contribution in [0.1, 0.15) is 55.7 Å². The van der Waals surface area contributed by atoms with E-state index in [1.54, 1.807) is 24.7 Å². The molecule has 2 aromatic heterocycles. The molecule has 3 rings (SSSR count). The molecule has 1 aliphatic rings. The van der Waals surface area contributed by atoms with Crippen LogP contribution in [-0.4, -0.2) is 37.4 Å². The van der Waals surface area contributed by atoms with Gasteiger partial charge in [-0.3, -0.25) is 14.2 Å². The van der Waals surface area contributed by atoms with Crippen LogP contribution in [-0.2, 0) is 24.1 Å². The highest BCUT2D eigenvalue weighted by Gasteiger charge is 2.43. The lowest BCUT2D eigenvalue weighted by atomic mass is 10.2. The molecule has 1 amide bonds. The molecule has 2 aromatic rings. The van der Waals surface area contributed by atoms with Crippen molar-refractivity contribution in [2.75, 3.05) is 7.05 Å². The Morgan fingerprint density at radius 3 is 2.59 bits per heavy atom. The van der Waals surface area contributed by atoms with Gasteiger partial charge in [0.1, 0.15) is 6.04 Å². The summed E-state index contributed by atoms with van der Waals surface area (Å²) in [5, 5.41) is 7.59. The second kappa shape index (κ2) is 7.18. The van der Waals surface area contributed by atoms with Crippen molar-refractivity contribution >= 4 is 17.5 Å². The fraction of sp³-hybridized carbons (Fsp3) is 0.588. The standard InChI is InChI=1S/C17H21ClF3N5O/c1-4-25-8-7-12(22-25)9-24(3)16(27)10(2)26-14(11-5-6-11)13(18)15(23-26)17(19,20)21/h7-8,10-11H,4-6,9H2,1-3H3. The molecule has 10 heteroatoms. The van der Waals surface area contributed by atoms with Crippen LogP contribution in [0.2, 0.25) is 5.02 Å². The smallest absolute Gasteiger partial charge is 0.338 e. The Morgan fingerprint density at radius 1 is 1.41 bits per heavy atom. The summed E-state index contributed by atoms with van der Waals surface area (Å²) >= 11 is 5.98. The SMILES string of the molecule is CCn1ccc(CN(C)C(=O)C(C)n2nc(C(F)(F)F)c(Cl)c2C2CC2)n1. The predicted molar refractivity (Wildman–Crippen MR) is 93.3 cm³/mol. The number of hydrogen-bond acceptors (Lipinski definition) is 3. The number of likely N-dealkylation sites (N-methyl/N-ethyl adjacent to an activating group) is 1. The average molecular weight is 404 g/mol. The molecule has 0 radical (unpaired) electrons. The molecule has 1 fully saturated rings. The average Bonchev–Trinajstić information content (AvgIpc) is 3.22. The Labute approximate surface area is 159 Å². The summed E-state index contributed by atoms with van der Waals surface area (Å²) in [5.41, 5.74) is -0.125. The van der Waals surface area contributed by atoms with Gasteiger partial charge in [0.25, 0.3) is 0 Å². The third kappa shape index (κ3) is 3.97. The van der Waals surface area contributed by atoms with Crippen molar-refractivity contribution in [2.24, 2.45) is 0 Å². The lowest BCUT2D eigenvalue weighted by Crippen LogP contribution is -2.34. The number of aryl methyl sites for hydroxylation is 1. The van der Waals surface area contributed by atoms with Crippen molar-refractivity contribution in [3.05, 3.63) is 34.4 Å². The zero-order valence-electron chi connectivity index (χ0n) is 15.3. The van der Waals surface area contributed by atoms with Gasteiger partial charge in [-0.2, -0.15) is 23.4 Å². The predicted octanol–water partition coefficient (Wildman–Crippen LogP) is 3.87. The summed E-state index contributed by atoms with van der Waals surface area (Å²) < 4.78 is 42.5. The van der Waals surface area contributed by atoms with E-state index >= 15 is 0 Å². The van der Waals surface area contributed by atoms with Crippen molar-refractivity contribution < 1.29 is 18.0 Å². The third-order valence-corrected chi connectivity index (χ3v) is 5.01. The molecule has 2 heterocycles. The second-order valence-electron chi connectivity index (χ2n) is 6.80. The number of carbonyl (C=O) groups is 1. The van der Waals surface area contributed by atoms with Gasteiger partial charge < -0.3 is 4.90 Å². The number of hydrogen-bond donors (Lipinski definition) is 0. The Bertz CT molecular complexity index is 840. The Hall–Kier alpha value is -2.03. The lowest BCUT2D eigenvalue weighted by molar-refractivity contribution is -0.142. The van der Waals surface area contributed by atoms with Gasteiger partial charge >= 0.3 is 6.18 Å². The molecule has 0 saturated heterocycles. The van der Waals surface area contributed by atoms with Crippen LogP contribution in [0.4, 0.5) is 13.2 Å². The van der Waals surface area contributed by atoms with Crippen LogP contribution < -0.4 is 0 Å². The first-order valence-corrected chi connectivity index (χ1v) is 9.13. The number of halogens is 4. The van der Waals surface area contributed by atoms with Crippen LogP contribution in [0, 0.1) is 0 Å². The Morgan fingerprint density at radius 2 is 2.07 bits per heavy atom. The summed E-state index contributed by atoms with van der Waals surface area (Å²) in [6, 6.07) is 0.910. The normalized spacial score (nSPS) is 15.8. The molecule has 1 unspecified atom stereocenters. The molecule has 0 aromatic carbocycles. The van der Waals surface area contributed by atoms with Crippen molar-refractivity contribution in [3.8, 4) is 0 Å². The summed E-state index contributed by atoms with van der Waals surface area (Å²) in [6.07, 6.45) is -1.36. The summed E-state index contributed by atoms with van der Waals surface area (Å²) in [6.45, 7) is 4.46. The molecule has 27 heavy (non-hydrogen) atoms. The summed E-state index contributed by atoms with van der Waals surface area (Å²) in [4.78, 5) is 14.2. The lowest BCUT2D eigenvalue weighted by Gasteiger charge is -2.22. The van der Waals surface area contributed by atoms with Gasteiger partial charge in [0.05, 0.1) is 23.0 Å². The van der Waals surface area contributed by atoms with Gasteiger partial charge in [0.15, 0.2) is 5.69 Å². The van der Waals surface area contributed by atoms with E-state index in [-0.39, 0.29) is 18.4 Å². The van der Waals surface area contributed by atoms with E-state index < -0.39 is 22.9 Å². The minimum atomic E-state index is -4.66. The van der Waals surface area contributed by atoms with Crippen LogP contribution >= 0.6 is 11.6 Å². The minimum absolute atomic E-state index is 0.0816. The molecule has 0 spiro atoms. The number of rotatable bonds is 6. The second-order valence-corrected chi connectivity index (χ2v) is 7.18. The minimum Gasteiger partial charge on any atom is -0.338 e. The third-order valence-electron chi connectivity index (χ3n) is 4.64. The molecule has 1 aliphatic carbocycles. The van der Waals surface area contributed by atoms with E-state index in [2.05, 4.69) is 10.2 Å². The van der Waals surface area contributed by atoms with Gasteiger partial charge in [-0.05, 0) is 32.8 Å². The monoisotopic (exact) mass is 403 g/mol. The molecule has 0 aliphatic heterocycles. The molecule has 1 saturated carbocycles. The van der Waals surface area contributed by atoms with E-state index in [4.69, 9.17) is 11.6 Å². The fourth-order valence-corrected chi connectivity index (χ4v) is 3.42. The Balaban J connectivity index is 1.83. The van der Waals surface area contributed by atoms with Crippen molar-refractivity contribution in [3.63, 3.8) is 0 Å². The Kier molecular flexibility index (Phi) is 5.24. The van der Waals surface area contributed by atoms with E-state index in [9.17, 15) is 18.0 Å². The summed E-state index contributed by atoms with van der Waals surface area (Å²) in [7, 11) is 1.59. The van der Waals surface area contributed by atoms with Crippen LogP contribution in [0.25, 0.3) is 0 Å². The highest BCUT2D eigenvalue weighted by molar-refractivity contribution is 6.32. The molecule has 0 bridgehead atoms. The van der Waals surface area contributed by atoms with E-state index in [0.29, 0.717) is 17.9 Å². The first-order chi connectivity index (χ1) is 12.6. The molecular formula is C17H21ClF3N5O. The van der Waals surface area contributed by atoms with Gasteiger partial charge in [0.2, 0.25) is 5.91 Å². The number of aromatic nitrogens is 4. The number of amides is 1. The highest BCUT2D eigenvalue weighted by Crippen LogP contribution is 2.47. The maximum absolute atomic E-state index is 13.2. The van der Waals surface area contributed by atoms with E-state index in [1.807, 2.05) is 13.1 Å². The fourth-order valence-electron chi connectivity index (χ4n) is 3.04. The first kappa shape index (κ1) is 19.7. The van der Waals surface area contributed by atoms with Crippen molar-refractivity contribution in [1.29, 1.82) is 0 Å². The largest absolute Gasteiger partial charge is 0.436 e. The summed E-state index contributed by atoms with van der Waals surface area (Å²) in [5.74, 6) is -0.433. The molecular weight excluding hydrogens is 383 g/mol. The maximum Gasteiger partial charge on any atom is 0.436 e. The number of alkyl halides is 3. The van der Waals surface area contributed by atoms with Crippen LogP contribution in [0.5, 0.6) is 0 Å². The van der Waals surface area contributed by atoms with Crippen LogP contribution in [0.3, 0.4) is 0 Å². The molecule has 0 N–H and O–H groups in total. The van der Waals surface area contributed by atoms with Crippen molar-refractivity contribution in [2.45, 2.75) is 57.9 Å². The first-order valence-electron chi connectivity index (χ1n) is 8.75. The van der Waals surface area contributed by atoms with E-state index in [1.165, 1.54) is 4.90 Å². The number of carbonyl (C=O) groups excluding carboxylic acids is 1. The van der Waals surface area contributed by atoms with Crippen LogP contribution in [0.15, 0.2) is 12.3 Å². The quantitative estimate of drug-likeness (QED) is 0.735. The topological polar surface area (TPSA) is 56.0 Å². The van der Waals surface area contributed by atoms with Crippen molar-refractivity contribution in [1.82, 2.24) is 24.5 Å². The van der Waals surface area contributed by atoms with Gasteiger partial charge in [-0.25, -0.2) is 0 Å². The molecule has 1 atom stereocenters. The molecule has 148 valence electrons. The zero-order chi connectivity index (χ0) is 19.9. The zero-order valence-corrected chi connectivity index (χ0v) is 16.0. The van der Waals surface area contributed by atoms with Gasteiger partial charge in [-0.15, -0.1) is 0 Å². The number of nitrogens with zero attached hydrogens (tertiary/aromatic N) is 5. The highest BCUT2D eigenvalue weighted by atomic mass is 35.5. The van der Waals surface area contributed by atoms with E-state index in [0.717, 1.165) is 17.5 Å². The molecule has 6 nitrogen and oxygen atoms in total. The maximum atomic E-state index is 13.2.